The maximum atomic E-state index is 15.1. The molecule has 5 atom stereocenters. The van der Waals surface area contributed by atoms with Crippen LogP contribution in [0.3, 0.4) is 0 Å². The zero-order valence-electron chi connectivity index (χ0n) is 30.6. The van der Waals surface area contributed by atoms with Gasteiger partial charge in [0.05, 0.1) is 48.7 Å². The molecule has 4 heterocycles. The molecule has 1 fully saturated rings. The Morgan fingerprint density at radius 1 is 0.889 bits per heavy atom. The van der Waals surface area contributed by atoms with Gasteiger partial charge in [-0.1, -0.05) is 85.8 Å². The minimum atomic E-state index is -3.02. The predicted octanol–water partition coefficient (Wildman–Crippen LogP) is 6.81. The standard InChI is InChI=1S/C44H43N3O6Si/c1-27-41(54(2,3)52)38(23-39(49)45-25-31-13-5-4-12-30(31)22-33(45)26-48)53-44(27)35-18-6-7-19-36(35)46(43(44)51)24-28-11-8-16-32(21-28)47-37-20-10-15-29-14-9-17-34(40(29)37)42(47)50/h4-21,27,33,38,41,48,52H,22-26H2,1-3H3/t27-,33+,38+,41-,44+/m1/s1. The summed E-state index contributed by atoms with van der Waals surface area (Å²) in [6, 6.07) is 34.7. The summed E-state index contributed by atoms with van der Waals surface area (Å²) in [6.45, 7) is 6.15. The highest BCUT2D eigenvalue weighted by molar-refractivity contribution is 6.71. The SMILES string of the molecule is C[C@@H]1[C@@H]([Si](C)(C)O)[C@H](CC(=O)N2Cc3ccccc3C[C@H]2CO)O[C@@]12C(=O)N(Cc1cccc(N3C(=O)c4cccc5cccc3c45)c1)c1ccccc12. The van der Waals surface area contributed by atoms with Crippen LogP contribution in [-0.2, 0) is 39.4 Å². The quantitative estimate of drug-likeness (QED) is 0.178. The highest BCUT2D eigenvalue weighted by Gasteiger charge is 2.66. The second-order valence-electron chi connectivity index (χ2n) is 15.8. The van der Waals surface area contributed by atoms with Gasteiger partial charge in [-0.15, -0.1) is 0 Å². The third kappa shape index (κ3) is 5.19. The Morgan fingerprint density at radius 3 is 2.37 bits per heavy atom. The number of nitrogens with zero attached hydrogens (tertiary/aromatic N) is 3. The Bertz CT molecular complexity index is 2350. The number of amides is 3. The molecule has 274 valence electrons. The number of ether oxygens (including phenoxy) is 1. The molecule has 10 heteroatoms. The fourth-order valence-electron chi connectivity index (χ4n) is 9.87. The smallest absolute Gasteiger partial charge is 0.264 e. The van der Waals surface area contributed by atoms with Gasteiger partial charge in [0.1, 0.15) is 0 Å². The van der Waals surface area contributed by atoms with Crippen molar-refractivity contribution >= 4 is 53.9 Å². The van der Waals surface area contributed by atoms with E-state index < -0.39 is 31.5 Å². The molecule has 5 aromatic carbocycles. The lowest BCUT2D eigenvalue weighted by molar-refractivity contribution is -0.151. The summed E-state index contributed by atoms with van der Waals surface area (Å²) in [5, 5.41) is 12.3. The molecule has 9 nitrogen and oxygen atoms in total. The van der Waals surface area contributed by atoms with E-state index in [1.165, 1.54) is 0 Å². The van der Waals surface area contributed by atoms with Crippen LogP contribution in [0, 0.1) is 5.92 Å². The number of anilines is 3. The third-order valence-electron chi connectivity index (χ3n) is 12.2. The van der Waals surface area contributed by atoms with Crippen molar-refractivity contribution < 1.29 is 29.0 Å². The van der Waals surface area contributed by atoms with Crippen molar-refractivity contribution in [2.45, 2.75) is 69.2 Å². The Kier molecular flexibility index (Phi) is 8.16. The molecule has 0 radical (unpaired) electrons. The van der Waals surface area contributed by atoms with Crippen molar-refractivity contribution in [3.8, 4) is 0 Å². The first-order valence-corrected chi connectivity index (χ1v) is 21.8. The summed E-state index contributed by atoms with van der Waals surface area (Å²) >= 11 is 0. The van der Waals surface area contributed by atoms with Gasteiger partial charge in [0, 0.05) is 34.6 Å². The van der Waals surface area contributed by atoms with Crippen LogP contribution in [0.2, 0.25) is 18.6 Å². The lowest BCUT2D eigenvalue weighted by Crippen LogP contribution is -2.48. The summed E-state index contributed by atoms with van der Waals surface area (Å²) in [5.74, 6) is -0.906. The molecule has 2 N–H and O–H groups in total. The summed E-state index contributed by atoms with van der Waals surface area (Å²) in [6.07, 6.45) is -0.158. The van der Waals surface area contributed by atoms with E-state index >= 15 is 4.79 Å². The predicted molar refractivity (Wildman–Crippen MR) is 210 cm³/mol. The lowest BCUT2D eigenvalue weighted by Gasteiger charge is -2.37. The fraction of sp³-hybridized carbons (Fsp3) is 0.295. The minimum Gasteiger partial charge on any atom is -0.432 e. The summed E-state index contributed by atoms with van der Waals surface area (Å²) in [5.41, 5.74) is 4.88. The Morgan fingerprint density at radius 2 is 1.59 bits per heavy atom. The monoisotopic (exact) mass is 737 g/mol. The Labute approximate surface area is 315 Å². The van der Waals surface area contributed by atoms with Crippen molar-refractivity contribution in [1.29, 1.82) is 0 Å². The van der Waals surface area contributed by atoms with Crippen LogP contribution in [0.25, 0.3) is 10.8 Å². The molecule has 4 aliphatic heterocycles. The van der Waals surface area contributed by atoms with Crippen molar-refractivity contribution in [2.24, 2.45) is 5.92 Å². The fourth-order valence-corrected chi connectivity index (χ4v) is 12.4. The molecular formula is C44H43N3O6Si. The van der Waals surface area contributed by atoms with Gasteiger partial charge in [0.15, 0.2) is 13.9 Å². The van der Waals surface area contributed by atoms with Gasteiger partial charge in [-0.2, -0.15) is 0 Å². The van der Waals surface area contributed by atoms with Crippen LogP contribution in [0.1, 0.15) is 46.0 Å². The van der Waals surface area contributed by atoms with Crippen molar-refractivity contribution in [2.75, 3.05) is 16.4 Å². The summed E-state index contributed by atoms with van der Waals surface area (Å²) < 4.78 is 6.98. The Hall–Kier alpha value is -5.13. The van der Waals surface area contributed by atoms with E-state index in [1.807, 2.05) is 129 Å². The van der Waals surface area contributed by atoms with Gasteiger partial charge in [-0.25, -0.2) is 0 Å². The molecule has 0 aliphatic carbocycles. The first-order valence-electron chi connectivity index (χ1n) is 18.7. The minimum absolute atomic E-state index is 0.0110. The molecule has 54 heavy (non-hydrogen) atoms. The number of hydrogen-bond acceptors (Lipinski definition) is 6. The van der Waals surface area contributed by atoms with Crippen LogP contribution < -0.4 is 9.80 Å². The molecule has 3 amide bonds. The molecular weight excluding hydrogens is 695 g/mol. The van der Waals surface area contributed by atoms with Gasteiger partial charge < -0.3 is 24.4 Å². The molecule has 4 aliphatic rings. The van der Waals surface area contributed by atoms with Crippen molar-refractivity contribution in [1.82, 2.24) is 4.90 Å². The topological polar surface area (TPSA) is 111 Å². The number of para-hydroxylation sites is 1. The number of fused-ring (bicyclic) bond motifs is 3. The van der Waals surface area contributed by atoms with Gasteiger partial charge in [-0.05, 0) is 71.9 Å². The molecule has 1 spiro atoms. The van der Waals surface area contributed by atoms with E-state index in [4.69, 9.17) is 4.74 Å². The first-order chi connectivity index (χ1) is 26.0. The molecule has 0 aromatic heterocycles. The van der Waals surface area contributed by atoms with E-state index in [9.17, 15) is 19.5 Å². The van der Waals surface area contributed by atoms with Gasteiger partial charge in [-0.3, -0.25) is 19.3 Å². The van der Waals surface area contributed by atoms with Crippen molar-refractivity contribution in [3.63, 3.8) is 0 Å². The zero-order valence-corrected chi connectivity index (χ0v) is 31.6. The molecule has 1 saturated heterocycles. The highest BCUT2D eigenvalue weighted by Crippen LogP contribution is 2.60. The summed E-state index contributed by atoms with van der Waals surface area (Å²) in [4.78, 5) is 60.0. The zero-order chi connectivity index (χ0) is 37.5. The average Bonchev–Trinajstić information content (AvgIpc) is 3.72. The first kappa shape index (κ1) is 34.6. The number of carbonyl (C=O) groups is 3. The van der Waals surface area contributed by atoms with Crippen LogP contribution in [0.5, 0.6) is 0 Å². The van der Waals surface area contributed by atoms with Crippen LogP contribution in [0.15, 0.2) is 109 Å². The maximum absolute atomic E-state index is 15.1. The van der Waals surface area contributed by atoms with Crippen LogP contribution >= 0.6 is 0 Å². The molecule has 0 unspecified atom stereocenters. The molecule has 9 rings (SSSR count). The number of benzene rings is 5. The van der Waals surface area contributed by atoms with E-state index in [2.05, 4.69) is 0 Å². The van der Waals surface area contributed by atoms with E-state index in [0.29, 0.717) is 18.5 Å². The van der Waals surface area contributed by atoms with Crippen molar-refractivity contribution in [3.05, 3.63) is 137 Å². The van der Waals surface area contributed by atoms with E-state index in [1.54, 1.807) is 14.7 Å². The van der Waals surface area contributed by atoms with Crippen LogP contribution in [0.4, 0.5) is 17.1 Å². The number of hydrogen-bond donors (Lipinski definition) is 2. The average molecular weight is 738 g/mol. The van der Waals surface area contributed by atoms with Crippen LogP contribution in [-0.4, -0.2) is 59.6 Å². The van der Waals surface area contributed by atoms with Gasteiger partial charge in [0.25, 0.3) is 11.8 Å². The highest BCUT2D eigenvalue weighted by atomic mass is 28.4. The van der Waals surface area contributed by atoms with Gasteiger partial charge >= 0.3 is 0 Å². The second kappa shape index (κ2) is 12.7. The maximum Gasteiger partial charge on any atom is 0.264 e. The molecule has 5 aromatic rings. The Balaban J connectivity index is 1.03. The third-order valence-corrected chi connectivity index (χ3v) is 14.7. The molecule has 0 saturated carbocycles. The second-order valence-corrected chi connectivity index (χ2v) is 19.8. The number of rotatable bonds is 7. The van der Waals surface area contributed by atoms with E-state index in [0.717, 1.165) is 50.1 Å². The van der Waals surface area contributed by atoms with E-state index in [-0.39, 0.29) is 43.3 Å². The normalized spacial score (nSPS) is 24.5. The molecule has 0 bridgehead atoms. The van der Waals surface area contributed by atoms with Gasteiger partial charge in [0.2, 0.25) is 5.91 Å². The number of carbonyl (C=O) groups excluding carboxylic acids is 3. The largest absolute Gasteiger partial charge is 0.432 e. The lowest BCUT2D eigenvalue weighted by atomic mass is 9.82. The summed E-state index contributed by atoms with van der Waals surface area (Å²) in [7, 11) is -3.02. The number of aliphatic hydroxyl groups is 1. The number of aliphatic hydroxyl groups excluding tert-OH is 1.